The lowest BCUT2D eigenvalue weighted by atomic mass is 9.94. The second-order valence-corrected chi connectivity index (χ2v) is 5.33. The molecule has 1 heterocycles. The van der Waals surface area contributed by atoms with E-state index in [-0.39, 0.29) is 12.3 Å². The average molecular weight is 290 g/mol. The van der Waals surface area contributed by atoms with Crippen LogP contribution in [-0.2, 0) is 19.4 Å². The fourth-order valence-electron chi connectivity index (χ4n) is 2.92. The van der Waals surface area contributed by atoms with Crippen molar-refractivity contribution in [3.63, 3.8) is 0 Å². The lowest BCUT2D eigenvalue weighted by Gasteiger charge is -2.13. The van der Waals surface area contributed by atoms with Crippen LogP contribution in [0.25, 0.3) is 0 Å². The van der Waals surface area contributed by atoms with Crippen molar-refractivity contribution in [3.8, 4) is 0 Å². The van der Waals surface area contributed by atoms with Gasteiger partial charge in [0.1, 0.15) is 11.6 Å². The number of hydrogen-bond acceptors (Lipinski definition) is 2. The van der Waals surface area contributed by atoms with Crippen LogP contribution < -0.4 is 0 Å². The van der Waals surface area contributed by atoms with Crippen LogP contribution >= 0.6 is 0 Å². The normalized spacial score (nSPS) is 14.3. The van der Waals surface area contributed by atoms with Crippen LogP contribution in [0.15, 0.2) is 18.2 Å². The molecule has 0 amide bonds. The Bertz CT molecular complexity index is 686. The maximum absolute atomic E-state index is 13.3. The molecule has 0 spiro atoms. The molecule has 0 bridgehead atoms. The Morgan fingerprint density at radius 2 is 1.90 bits per heavy atom. The van der Waals surface area contributed by atoms with E-state index in [9.17, 15) is 13.6 Å². The van der Waals surface area contributed by atoms with E-state index in [1.54, 1.807) is 4.68 Å². The Labute approximate surface area is 121 Å². The van der Waals surface area contributed by atoms with Crippen LogP contribution in [0.3, 0.4) is 0 Å². The fourth-order valence-corrected chi connectivity index (χ4v) is 2.92. The molecule has 0 fully saturated rings. The number of benzene rings is 1. The summed E-state index contributed by atoms with van der Waals surface area (Å²) in [6.07, 6.45) is 2.82. The molecule has 1 aromatic heterocycles. The highest BCUT2D eigenvalue weighted by molar-refractivity contribution is 5.99. The van der Waals surface area contributed by atoms with Crippen LogP contribution in [0.1, 0.15) is 47.1 Å². The zero-order valence-corrected chi connectivity index (χ0v) is 11.8. The van der Waals surface area contributed by atoms with Gasteiger partial charge in [-0.05, 0) is 37.0 Å². The van der Waals surface area contributed by atoms with E-state index in [1.165, 1.54) is 12.1 Å². The molecule has 0 unspecified atom stereocenters. The number of halogens is 2. The zero-order chi connectivity index (χ0) is 15.0. The third-order valence-electron chi connectivity index (χ3n) is 3.82. The van der Waals surface area contributed by atoms with Gasteiger partial charge >= 0.3 is 0 Å². The standard InChI is InChI=1S/C16H16F2N2O/c1-2-13-16-14(4-3-5-15(16)21)20(19-13)9-10-6-11(17)8-12(18)7-10/h6-8H,2-5,9H2,1H3. The van der Waals surface area contributed by atoms with Gasteiger partial charge in [0.2, 0.25) is 0 Å². The largest absolute Gasteiger partial charge is 0.294 e. The topological polar surface area (TPSA) is 34.9 Å². The van der Waals surface area contributed by atoms with Crippen molar-refractivity contribution >= 4 is 5.78 Å². The number of aryl methyl sites for hydroxylation is 1. The lowest BCUT2D eigenvalue weighted by molar-refractivity contribution is 0.0971. The quantitative estimate of drug-likeness (QED) is 0.869. The van der Waals surface area contributed by atoms with Crippen molar-refractivity contribution in [2.75, 3.05) is 0 Å². The monoisotopic (exact) mass is 290 g/mol. The molecule has 3 nitrogen and oxygen atoms in total. The van der Waals surface area contributed by atoms with Crippen LogP contribution in [0.4, 0.5) is 8.78 Å². The van der Waals surface area contributed by atoms with Gasteiger partial charge < -0.3 is 0 Å². The number of ketones is 1. The van der Waals surface area contributed by atoms with Gasteiger partial charge in [0.25, 0.3) is 0 Å². The highest BCUT2D eigenvalue weighted by Crippen LogP contribution is 2.25. The van der Waals surface area contributed by atoms with Crippen molar-refractivity contribution in [1.29, 1.82) is 0 Å². The first-order valence-electron chi connectivity index (χ1n) is 7.15. The number of rotatable bonds is 3. The molecule has 1 aromatic carbocycles. The van der Waals surface area contributed by atoms with Crippen molar-refractivity contribution in [3.05, 3.63) is 52.3 Å². The summed E-state index contributed by atoms with van der Waals surface area (Å²) in [4.78, 5) is 12.1. The molecule has 110 valence electrons. The molecular formula is C16H16F2N2O. The number of hydrogen-bond donors (Lipinski definition) is 0. The van der Waals surface area contributed by atoms with Gasteiger partial charge in [-0.2, -0.15) is 5.10 Å². The summed E-state index contributed by atoms with van der Waals surface area (Å²) in [5.41, 5.74) is 2.92. The SMILES string of the molecule is CCc1nn(Cc2cc(F)cc(F)c2)c2c1C(=O)CCC2. The highest BCUT2D eigenvalue weighted by Gasteiger charge is 2.26. The molecule has 3 rings (SSSR count). The lowest BCUT2D eigenvalue weighted by Crippen LogP contribution is -2.14. The van der Waals surface area contributed by atoms with E-state index in [0.717, 1.165) is 35.9 Å². The molecule has 0 saturated heterocycles. The minimum absolute atomic E-state index is 0.129. The van der Waals surface area contributed by atoms with Crippen LogP contribution in [0.5, 0.6) is 0 Å². The maximum Gasteiger partial charge on any atom is 0.166 e. The third-order valence-corrected chi connectivity index (χ3v) is 3.82. The molecule has 5 heteroatoms. The number of carbonyl (C=O) groups excluding carboxylic acids is 1. The molecule has 0 radical (unpaired) electrons. The summed E-state index contributed by atoms with van der Waals surface area (Å²) >= 11 is 0. The number of Topliss-reactive ketones (excluding diaryl/α,β-unsaturated/α-hetero) is 1. The first-order chi connectivity index (χ1) is 10.1. The van der Waals surface area contributed by atoms with E-state index in [1.807, 2.05) is 6.92 Å². The minimum Gasteiger partial charge on any atom is -0.294 e. The number of fused-ring (bicyclic) bond motifs is 1. The Morgan fingerprint density at radius 1 is 1.19 bits per heavy atom. The van der Waals surface area contributed by atoms with Gasteiger partial charge in [-0.25, -0.2) is 8.78 Å². The van der Waals surface area contributed by atoms with Gasteiger partial charge in [0.15, 0.2) is 5.78 Å². The number of aromatic nitrogens is 2. The first-order valence-corrected chi connectivity index (χ1v) is 7.15. The van der Waals surface area contributed by atoms with Crippen molar-refractivity contribution in [2.45, 2.75) is 39.2 Å². The molecule has 21 heavy (non-hydrogen) atoms. The maximum atomic E-state index is 13.3. The number of nitrogens with zero attached hydrogens (tertiary/aromatic N) is 2. The highest BCUT2D eigenvalue weighted by atomic mass is 19.1. The van der Waals surface area contributed by atoms with Gasteiger partial charge in [0.05, 0.1) is 17.8 Å². The predicted octanol–water partition coefficient (Wildman–Crippen LogP) is 3.29. The van der Waals surface area contributed by atoms with Gasteiger partial charge in [0, 0.05) is 18.2 Å². The Morgan fingerprint density at radius 3 is 2.57 bits per heavy atom. The molecule has 0 atom stereocenters. The van der Waals surface area contributed by atoms with Crippen LogP contribution in [-0.4, -0.2) is 15.6 Å². The van der Waals surface area contributed by atoms with Gasteiger partial charge in [-0.3, -0.25) is 9.48 Å². The summed E-state index contributed by atoms with van der Waals surface area (Å²) in [6, 6.07) is 3.45. The smallest absolute Gasteiger partial charge is 0.166 e. The predicted molar refractivity (Wildman–Crippen MR) is 74.3 cm³/mol. The second-order valence-electron chi connectivity index (χ2n) is 5.33. The van der Waals surface area contributed by atoms with E-state index in [2.05, 4.69) is 5.10 Å². The minimum atomic E-state index is -0.599. The van der Waals surface area contributed by atoms with Crippen LogP contribution in [0, 0.1) is 11.6 Å². The Hall–Kier alpha value is -2.04. The summed E-state index contributed by atoms with van der Waals surface area (Å²) in [7, 11) is 0. The number of carbonyl (C=O) groups is 1. The Kier molecular flexibility index (Phi) is 3.57. The first kappa shape index (κ1) is 13.9. The summed E-state index contributed by atoms with van der Waals surface area (Å²) in [5, 5.41) is 4.47. The fraction of sp³-hybridized carbons (Fsp3) is 0.375. The van der Waals surface area contributed by atoms with Gasteiger partial charge in [-0.15, -0.1) is 0 Å². The molecular weight excluding hydrogens is 274 g/mol. The molecule has 0 N–H and O–H groups in total. The van der Waals surface area contributed by atoms with Crippen molar-refractivity contribution in [1.82, 2.24) is 9.78 Å². The molecule has 0 saturated carbocycles. The summed E-state index contributed by atoms with van der Waals surface area (Å²) < 4.78 is 28.3. The third kappa shape index (κ3) is 2.60. The molecule has 1 aliphatic rings. The van der Waals surface area contributed by atoms with Crippen molar-refractivity contribution in [2.24, 2.45) is 0 Å². The van der Waals surface area contributed by atoms with Crippen molar-refractivity contribution < 1.29 is 13.6 Å². The summed E-state index contributed by atoms with van der Waals surface area (Å²) in [5.74, 6) is -1.07. The van der Waals surface area contributed by atoms with E-state index < -0.39 is 11.6 Å². The second kappa shape index (κ2) is 5.39. The summed E-state index contributed by atoms with van der Waals surface area (Å²) in [6.45, 7) is 2.24. The Balaban J connectivity index is 2.01. The van der Waals surface area contributed by atoms with Crippen LogP contribution in [0.2, 0.25) is 0 Å². The molecule has 1 aliphatic carbocycles. The average Bonchev–Trinajstić information content (AvgIpc) is 2.77. The zero-order valence-electron chi connectivity index (χ0n) is 11.8. The molecule has 2 aromatic rings. The van der Waals surface area contributed by atoms with E-state index in [0.29, 0.717) is 18.4 Å². The van der Waals surface area contributed by atoms with E-state index in [4.69, 9.17) is 0 Å². The van der Waals surface area contributed by atoms with Gasteiger partial charge in [-0.1, -0.05) is 6.92 Å². The molecule has 0 aliphatic heterocycles. The van der Waals surface area contributed by atoms with E-state index >= 15 is 0 Å².